The van der Waals surface area contributed by atoms with Gasteiger partial charge in [-0.2, -0.15) is 0 Å². The molecular formula is C22H27N3O4. The van der Waals surface area contributed by atoms with Crippen molar-refractivity contribution in [2.75, 3.05) is 5.32 Å². The van der Waals surface area contributed by atoms with Crippen molar-refractivity contribution in [3.63, 3.8) is 0 Å². The van der Waals surface area contributed by atoms with Gasteiger partial charge in [0.25, 0.3) is 5.91 Å². The molecule has 0 spiro atoms. The molecule has 154 valence electrons. The number of carbonyl (C=O) groups excluding carboxylic acids is 2. The van der Waals surface area contributed by atoms with E-state index in [1.165, 1.54) is 0 Å². The number of anilines is 1. The van der Waals surface area contributed by atoms with Crippen molar-refractivity contribution in [2.24, 2.45) is 0 Å². The maximum atomic E-state index is 12.4. The van der Waals surface area contributed by atoms with Crippen molar-refractivity contribution in [2.45, 2.75) is 45.2 Å². The number of hydrogen-bond donors (Lipinski definition) is 4. The van der Waals surface area contributed by atoms with Crippen LogP contribution in [0.15, 0.2) is 54.6 Å². The van der Waals surface area contributed by atoms with Gasteiger partial charge in [0.1, 0.15) is 0 Å². The first-order chi connectivity index (χ1) is 13.8. The Bertz CT molecular complexity index is 820. The van der Waals surface area contributed by atoms with Crippen LogP contribution >= 0.6 is 0 Å². The summed E-state index contributed by atoms with van der Waals surface area (Å²) in [5.41, 5.74) is 2.07. The number of aliphatic carboxylic acids is 1. The van der Waals surface area contributed by atoms with Crippen molar-refractivity contribution in [3.8, 4) is 0 Å². The van der Waals surface area contributed by atoms with E-state index in [-0.39, 0.29) is 24.4 Å². The first kappa shape index (κ1) is 21.9. The van der Waals surface area contributed by atoms with Gasteiger partial charge in [-0.3, -0.25) is 9.59 Å². The Labute approximate surface area is 170 Å². The highest BCUT2D eigenvalue weighted by molar-refractivity contribution is 5.95. The number of benzene rings is 2. The van der Waals surface area contributed by atoms with Gasteiger partial charge in [0.2, 0.25) is 0 Å². The molecule has 7 nitrogen and oxygen atoms in total. The standard InChI is InChI=1S/C22H27N3O4/c1-15(2)23-21(28)17-8-10-18(11-9-17)24-22(29)25-19(12-13-20(26)27)14-16-6-4-3-5-7-16/h3-11,15,19H,12-14H2,1-2H3,(H,23,28)(H,26,27)(H2,24,25,29). The van der Waals surface area contributed by atoms with Crippen molar-refractivity contribution >= 4 is 23.6 Å². The highest BCUT2D eigenvalue weighted by Gasteiger charge is 2.15. The fourth-order valence-corrected chi connectivity index (χ4v) is 2.82. The molecule has 0 fully saturated rings. The van der Waals surface area contributed by atoms with E-state index in [4.69, 9.17) is 5.11 Å². The number of amides is 3. The quantitative estimate of drug-likeness (QED) is 0.520. The second-order valence-electron chi connectivity index (χ2n) is 7.12. The van der Waals surface area contributed by atoms with Gasteiger partial charge in [0.05, 0.1) is 0 Å². The van der Waals surface area contributed by atoms with E-state index in [1.54, 1.807) is 24.3 Å². The first-order valence-electron chi connectivity index (χ1n) is 9.57. The van der Waals surface area contributed by atoms with Gasteiger partial charge in [-0.25, -0.2) is 4.79 Å². The van der Waals surface area contributed by atoms with Gasteiger partial charge in [0.15, 0.2) is 0 Å². The fourth-order valence-electron chi connectivity index (χ4n) is 2.82. The zero-order valence-corrected chi connectivity index (χ0v) is 16.6. The van der Waals surface area contributed by atoms with Crippen molar-refractivity contribution < 1.29 is 19.5 Å². The van der Waals surface area contributed by atoms with E-state index in [0.717, 1.165) is 5.56 Å². The maximum absolute atomic E-state index is 12.4. The minimum Gasteiger partial charge on any atom is -0.481 e. The van der Waals surface area contributed by atoms with E-state index in [0.29, 0.717) is 24.1 Å². The topological polar surface area (TPSA) is 108 Å². The molecule has 0 saturated heterocycles. The maximum Gasteiger partial charge on any atom is 0.319 e. The van der Waals surface area contributed by atoms with Gasteiger partial charge in [0, 0.05) is 29.8 Å². The Morgan fingerprint density at radius 1 is 0.931 bits per heavy atom. The molecule has 29 heavy (non-hydrogen) atoms. The van der Waals surface area contributed by atoms with Gasteiger partial charge < -0.3 is 21.1 Å². The second-order valence-corrected chi connectivity index (χ2v) is 7.12. The van der Waals surface area contributed by atoms with Gasteiger partial charge >= 0.3 is 12.0 Å². The van der Waals surface area contributed by atoms with Crippen molar-refractivity contribution in [1.82, 2.24) is 10.6 Å². The van der Waals surface area contributed by atoms with Crippen LogP contribution in [0.5, 0.6) is 0 Å². The third-order valence-corrected chi connectivity index (χ3v) is 4.19. The zero-order valence-electron chi connectivity index (χ0n) is 16.6. The van der Waals surface area contributed by atoms with Crippen LogP contribution in [-0.4, -0.2) is 35.1 Å². The molecule has 4 N–H and O–H groups in total. The van der Waals surface area contributed by atoms with E-state index in [9.17, 15) is 14.4 Å². The van der Waals surface area contributed by atoms with Gasteiger partial charge in [-0.15, -0.1) is 0 Å². The molecule has 0 aliphatic carbocycles. The highest BCUT2D eigenvalue weighted by atomic mass is 16.4. The zero-order chi connectivity index (χ0) is 21.2. The Morgan fingerprint density at radius 3 is 2.17 bits per heavy atom. The van der Waals surface area contributed by atoms with Gasteiger partial charge in [-0.05, 0) is 56.5 Å². The van der Waals surface area contributed by atoms with Crippen molar-refractivity contribution in [3.05, 3.63) is 65.7 Å². The third kappa shape index (κ3) is 8.04. The Balaban J connectivity index is 1.95. The molecule has 2 rings (SSSR count). The molecule has 0 saturated carbocycles. The number of nitrogens with one attached hydrogen (secondary N) is 3. The summed E-state index contributed by atoms with van der Waals surface area (Å²) in [6.45, 7) is 3.77. The monoisotopic (exact) mass is 397 g/mol. The molecule has 0 bridgehead atoms. The predicted molar refractivity (Wildman–Crippen MR) is 112 cm³/mol. The van der Waals surface area contributed by atoms with E-state index in [2.05, 4.69) is 16.0 Å². The molecule has 2 aromatic carbocycles. The number of urea groups is 1. The summed E-state index contributed by atoms with van der Waals surface area (Å²) in [5, 5.41) is 17.3. The molecule has 1 unspecified atom stereocenters. The third-order valence-electron chi connectivity index (χ3n) is 4.19. The lowest BCUT2D eigenvalue weighted by atomic mass is 10.0. The summed E-state index contributed by atoms with van der Waals surface area (Å²) < 4.78 is 0. The Kier molecular flexibility index (Phi) is 8.21. The number of carboxylic acid groups (broad SMARTS) is 1. The molecule has 0 radical (unpaired) electrons. The highest BCUT2D eigenvalue weighted by Crippen LogP contribution is 2.11. The summed E-state index contributed by atoms with van der Waals surface area (Å²) in [6.07, 6.45) is 0.833. The van der Waals surface area contributed by atoms with E-state index >= 15 is 0 Å². The molecule has 2 aromatic rings. The summed E-state index contributed by atoms with van der Waals surface area (Å²) in [7, 11) is 0. The summed E-state index contributed by atoms with van der Waals surface area (Å²) >= 11 is 0. The predicted octanol–water partition coefficient (Wildman–Crippen LogP) is 3.42. The number of carboxylic acids is 1. The number of hydrogen-bond acceptors (Lipinski definition) is 3. The smallest absolute Gasteiger partial charge is 0.319 e. The molecule has 0 aliphatic rings. The minimum absolute atomic E-state index is 0.0303. The Hall–Kier alpha value is -3.35. The molecule has 0 aromatic heterocycles. The average Bonchev–Trinajstić information content (AvgIpc) is 2.67. The van der Waals surface area contributed by atoms with Crippen LogP contribution in [0.3, 0.4) is 0 Å². The number of rotatable bonds is 9. The van der Waals surface area contributed by atoms with Crippen LogP contribution < -0.4 is 16.0 Å². The van der Waals surface area contributed by atoms with Crippen LogP contribution in [0.1, 0.15) is 42.6 Å². The minimum atomic E-state index is -0.902. The van der Waals surface area contributed by atoms with Crippen LogP contribution in [0.2, 0.25) is 0 Å². The molecule has 0 heterocycles. The van der Waals surface area contributed by atoms with E-state index in [1.807, 2.05) is 44.2 Å². The molecule has 3 amide bonds. The Morgan fingerprint density at radius 2 is 1.59 bits per heavy atom. The van der Waals surface area contributed by atoms with E-state index < -0.39 is 12.0 Å². The molecule has 0 aliphatic heterocycles. The lowest BCUT2D eigenvalue weighted by Crippen LogP contribution is -2.39. The summed E-state index contributed by atoms with van der Waals surface area (Å²) in [6, 6.07) is 15.5. The molecule has 1 atom stereocenters. The van der Waals surface area contributed by atoms with Crippen LogP contribution in [0.4, 0.5) is 10.5 Å². The average molecular weight is 397 g/mol. The molecule has 7 heteroatoms. The fraction of sp³-hybridized carbons (Fsp3) is 0.318. The van der Waals surface area contributed by atoms with Crippen LogP contribution in [0, 0.1) is 0 Å². The summed E-state index contributed by atoms with van der Waals surface area (Å²) in [4.78, 5) is 35.3. The summed E-state index contributed by atoms with van der Waals surface area (Å²) in [5.74, 6) is -1.08. The van der Waals surface area contributed by atoms with Crippen LogP contribution in [0.25, 0.3) is 0 Å². The largest absolute Gasteiger partial charge is 0.481 e. The molecular weight excluding hydrogens is 370 g/mol. The normalized spacial score (nSPS) is 11.6. The SMILES string of the molecule is CC(C)NC(=O)c1ccc(NC(=O)NC(CCC(=O)O)Cc2ccccc2)cc1. The number of carbonyl (C=O) groups is 3. The second kappa shape index (κ2) is 10.8. The van der Waals surface area contributed by atoms with Gasteiger partial charge in [-0.1, -0.05) is 30.3 Å². The first-order valence-corrected chi connectivity index (χ1v) is 9.57. The van der Waals surface area contributed by atoms with Crippen LogP contribution in [-0.2, 0) is 11.2 Å². The lowest BCUT2D eigenvalue weighted by Gasteiger charge is -2.19. The van der Waals surface area contributed by atoms with Crippen molar-refractivity contribution in [1.29, 1.82) is 0 Å². The lowest BCUT2D eigenvalue weighted by molar-refractivity contribution is -0.137.